The summed E-state index contributed by atoms with van der Waals surface area (Å²) in [6.07, 6.45) is 2.16. The summed E-state index contributed by atoms with van der Waals surface area (Å²) in [5, 5.41) is 13.0. The Morgan fingerprint density at radius 1 is 1.12 bits per heavy atom. The largest absolute Gasteiger partial charge is 0.353 e. The van der Waals surface area contributed by atoms with E-state index in [9.17, 15) is 4.79 Å². The van der Waals surface area contributed by atoms with E-state index >= 15 is 0 Å². The van der Waals surface area contributed by atoms with E-state index in [1.165, 1.54) is 11.8 Å². The molecule has 0 saturated heterocycles. The van der Waals surface area contributed by atoms with Crippen molar-refractivity contribution in [3.05, 3.63) is 59.6 Å². The average Bonchev–Trinajstić information content (AvgIpc) is 3.37. The van der Waals surface area contributed by atoms with Crippen molar-refractivity contribution in [3.8, 4) is 17.1 Å². The van der Waals surface area contributed by atoms with Crippen LogP contribution in [0.1, 0.15) is 12.8 Å². The molecule has 2 aromatic carbocycles. The van der Waals surface area contributed by atoms with Crippen molar-refractivity contribution in [1.82, 2.24) is 20.1 Å². The van der Waals surface area contributed by atoms with Gasteiger partial charge in [-0.25, -0.2) is 0 Å². The van der Waals surface area contributed by atoms with Gasteiger partial charge in [-0.05, 0) is 37.1 Å². The molecule has 1 fully saturated rings. The molecule has 0 spiro atoms. The molecule has 0 unspecified atom stereocenters. The number of halogens is 1. The summed E-state index contributed by atoms with van der Waals surface area (Å²) in [5.74, 6) is 1.08. The Labute approximate surface area is 160 Å². The fourth-order valence-electron chi connectivity index (χ4n) is 2.59. The summed E-state index contributed by atoms with van der Waals surface area (Å²) in [5.41, 5.74) is 1.87. The lowest BCUT2D eigenvalue weighted by molar-refractivity contribution is -0.118. The Bertz CT molecular complexity index is 907. The first kappa shape index (κ1) is 17.1. The molecule has 132 valence electrons. The maximum absolute atomic E-state index is 12.0. The minimum absolute atomic E-state index is 0.0319. The van der Waals surface area contributed by atoms with Crippen molar-refractivity contribution in [1.29, 1.82) is 0 Å². The number of hydrogen-bond donors (Lipinski definition) is 1. The monoisotopic (exact) mass is 384 g/mol. The van der Waals surface area contributed by atoms with Crippen molar-refractivity contribution in [2.24, 2.45) is 0 Å². The van der Waals surface area contributed by atoms with Gasteiger partial charge in [0.2, 0.25) is 5.91 Å². The fourth-order valence-corrected chi connectivity index (χ4v) is 3.48. The topological polar surface area (TPSA) is 59.8 Å². The molecule has 26 heavy (non-hydrogen) atoms. The van der Waals surface area contributed by atoms with Gasteiger partial charge in [-0.15, -0.1) is 10.2 Å². The predicted octanol–water partition coefficient (Wildman–Crippen LogP) is 3.96. The van der Waals surface area contributed by atoms with Crippen molar-refractivity contribution in [2.45, 2.75) is 24.0 Å². The standard InChI is InChI=1S/C19H17ClN4OS/c20-14-6-10-16(11-7-14)24-18(13-4-2-1-3-5-13)22-23-19(24)26-12-17(25)21-15-8-9-15/h1-7,10-11,15H,8-9,12H2,(H,21,25). The van der Waals surface area contributed by atoms with E-state index in [2.05, 4.69) is 15.5 Å². The molecule has 1 heterocycles. The van der Waals surface area contributed by atoms with Crippen LogP contribution in [0.5, 0.6) is 0 Å². The van der Waals surface area contributed by atoms with Gasteiger partial charge in [0.05, 0.1) is 5.75 Å². The number of carbonyl (C=O) groups is 1. The van der Waals surface area contributed by atoms with Gasteiger partial charge in [0.1, 0.15) is 0 Å². The van der Waals surface area contributed by atoms with Gasteiger partial charge < -0.3 is 5.32 Å². The Balaban J connectivity index is 1.65. The highest BCUT2D eigenvalue weighted by atomic mass is 35.5. The van der Waals surface area contributed by atoms with Crippen LogP contribution in [0.15, 0.2) is 59.8 Å². The number of nitrogens with one attached hydrogen (secondary N) is 1. The van der Waals surface area contributed by atoms with E-state index in [4.69, 9.17) is 11.6 Å². The zero-order valence-corrected chi connectivity index (χ0v) is 15.5. The quantitative estimate of drug-likeness (QED) is 0.653. The van der Waals surface area contributed by atoms with Crippen LogP contribution in [-0.2, 0) is 4.79 Å². The lowest BCUT2D eigenvalue weighted by Crippen LogP contribution is -2.27. The van der Waals surface area contributed by atoms with E-state index in [0.29, 0.717) is 22.0 Å². The van der Waals surface area contributed by atoms with Crippen LogP contribution in [0, 0.1) is 0 Å². The first-order valence-electron chi connectivity index (χ1n) is 8.39. The summed E-state index contributed by atoms with van der Waals surface area (Å²) in [7, 11) is 0. The predicted molar refractivity (Wildman–Crippen MR) is 104 cm³/mol. The number of rotatable bonds is 6. The van der Waals surface area contributed by atoms with Crippen molar-refractivity contribution >= 4 is 29.3 Å². The molecule has 7 heteroatoms. The van der Waals surface area contributed by atoms with E-state index in [0.717, 1.165) is 29.9 Å². The van der Waals surface area contributed by atoms with E-state index < -0.39 is 0 Å². The Hall–Kier alpha value is -2.31. The summed E-state index contributed by atoms with van der Waals surface area (Å²) in [4.78, 5) is 12.0. The summed E-state index contributed by atoms with van der Waals surface area (Å²) >= 11 is 7.41. The third-order valence-corrected chi connectivity index (χ3v) is 5.21. The molecule has 0 atom stereocenters. The first-order chi connectivity index (χ1) is 12.7. The summed E-state index contributed by atoms with van der Waals surface area (Å²) in [6, 6.07) is 17.7. The second-order valence-electron chi connectivity index (χ2n) is 6.11. The molecule has 4 rings (SSSR count). The molecule has 1 amide bonds. The Morgan fingerprint density at radius 3 is 2.54 bits per heavy atom. The lowest BCUT2D eigenvalue weighted by atomic mass is 10.2. The van der Waals surface area contributed by atoms with Gasteiger partial charge in [-0.1, -0.05) is 53.7 Å². The molecular weight excluding hydrogens is 368 g/mol. The first-order valence-corrected chi connectivity index (χ1v) is 9.76. The highest BCUT2D eigenvalue weighted by Gasteiger charge is 2.24. The van der Waals surface area contributed by atoms with Crippen LogP contribution in [0.2, 0.25) is 5.02 Å². The van der Waals surface area contributed by atoms with Crippen LogP contribution in [0.4, 0.5) is 0 Å². The van der Waals surface area contributed by atoms with Gasteiger partial charge in [-0.3, -0.25) is 9.36 Å². The molecule has 1 aliphatic rings. The summed E-state index contributed by atoms with van der Waals surface area (Å²) < 4.78 is 1.96. The minimum atomic E-state index is 0.0319. The minimum Gasteiger partial charge on any atom is -0.353 e. The molecule has 3 aromatic rings. The number of carbonyl (C=O) groups excluding carboxylic acids is 1. The molecule has 0 bridgehead atoms. The average molecular weight is 385 g/mol. The van der Waals surface area contributed by atoms with Crippen molar-refractivity contribution < 1.29 is 4.79 Å². The van der Waals surface area contributed by atoms with E-state index in [-0.39, 0.29) is 5.91 Å². The van der Waals surface area contributed by atoms with E-state index in [1.54, 1.807) is 0 Å². The maximum atomic E-state index is 12.0. The third-order valence-electron chi connectivity index (χ3n) is 4.02. The van der Waals surface area contributed by atoms with Gasteiger partial charge in [0, 0.05) is 22.3 Å². The van der Waals surface area contributed by atoms with Gasteiger partial charge >= 0.3 is 0 Å². The molecular formula is C19H17ClN4OS. The van der Waals surface area contributed by atoms with Crippen molar-refractivity contribution in [2.75, 3.05) is 5.75 Å². The smallest absolute Gasteiger partial charge is 0.230 e. The molecule has 1 saturated carbocycles. The number of aromatic nitrogens is 3. The number of amides is 1. The van der Waals surface area contributed by atoms with Crippen molar-refractivity contribution in [3.63, 3.8) is 0 Å². The fraction of sp³-hybridized carbons (Fsp3) is 0.211. The third kappa shape index (κ3) is 3.92. The van der Waals surface area contributed by atoms with E-state index in [1.807, 2.05) is 59.2 Å². The lowest BCUT2D eigenvalue weighted by Gasteiger charge is -2.10. The molecule has 1 N–H and O–H groups in total. The van der Waals surface area contributed by atoms with Crippen LogP contribution in [0.3, 0.4) is 0 Å². The molecule has 5 nitrogen and oxygen atoms in total. The zero-order valence-electron chi connectivity index (χ0n) is 13.9. The molecule has 1 aliphatic carbocycles. The number of thioether (sulfide) groups is 1. The Morgan fingerprint density at radius 2 is 1.85 bits per heavy atom. The maximum Gasteiger partial charge on any atom is 0.230 e. The van der Waals surface area contributed by atoms with Crippen LogP contribution in [-0.4, -0.2) is 32.5 Å². The van der Waals surface area contributed by atoms with Gasteiger partial charge in [0.15, 0.2) is 11.0 Å². The number of hydrogen-bond acceptors (Lipinski definition) is 4. The van der Waals surface area contributed by atoms with Gasteiger partial charge in [-0.2, -0.15) is 0 Å². The second kappa shape index (κ2) is 7.51. The van der Waals surface area contributed by atoms with Gasteiger partial charge in [0.25, 0.3) is 0 Å². The van der Waals surface area contributed by atoms with Crippen LogP contribution in [0.25, 0.3) is 17.1 Å². The zero-order chi connectivity index (χ0) is 17.9. The number of nitrogens with zero attached hydrogens (tertiary/aromatic N) is 3. The summed E-state index contributed by atoms with van der Waals surface area (Å²) in [6.45, 7) is 0. The second-order valence-corrected chi connectivity index (χ2v) is 7.49. The normalized spacial score (nSPS) is 13.6. The highest BCUT2D eigenvalue weighted by molar-refractivity contribution is 7.99. The highest BCUT2D eigenvalue weighted by Crippen LogP contribution is 2.28. The molecule has 1 aromatic heterocycles. The Kier molecular flexibility index (Phi) is 4.95. The molecule has 0 aliphatic heterocycles. The number of benzene rings is 2. The van der Waals surface area contributed by atoms with Crippen LogP contribution < -0.4 is 5.32 Å². The molecule has 0 radical (unpaired) electrons. The van der Waals surface area contributed by atoms with Crippen LogP contribution >= 0.6 is 23.4 Å². The SMILES string of the molecule is O=C(CSc1nnc(-c2ccccc2)n1-c1ccc(Cl)cc1)NC1CC1.